The summed E-state index contributed by atoms with van der Waals surface area (Å²) in [5, 5.41) is 14.1. The van der Waals surface area contributed by atoms with Gasteiger partial charge in [0.2, 0.25) is 15.6 Å². The maximum absolute atomic E-state index is 13.1. The maximum Gasteiger partial charge on any atom is 0.248 e. The molecule has 0 fully saturated rings. The molecule has 0 radical (unpaired) electrons. The first kappa shape index (κ1) is 17.0. The number of aromatic nitrogens is 3. The van der Waals surface area contributed by atoms with E-state index in [2.05, 4.69) is 10.1 Å². The van der Waals surface area contributed by atoms with Crippen LogP contribution in [0.2, 0.25) is 0 Å². The summed E-state index contributed by atoms with van der Waals surface area (Å²) in [5.74, 6) is 0. The standard InChI is InChI=1S/C17H18N4O4S/c1-11-6-17(23)18-16-3-2-14(8-15(11)16)26(24,25)20-4-5-21-13(9-20)7-12(10-22)19-21/h2-3,6-8,22H,4-5,9-10H2,1H3,(H,18,23). The summed E-state index contributed by atoms with van der Waals surface area (Å²) < 4.78 is 29.3. The molecule has 0 saturated carbocycles. The van der Waals surface area contributed by atoms with Crippen molar-refractivity contribution >= 4 is 20.9 Å². The van der Waals surface area contributed by atoms with E-state index < -0.39 is 10.0 Å². The largest absolute Gasteiger partial charge is 0.390 e. The molecule has 136 valence electrons. The molecule has 0 bridgehead atoms. The Hall–Kier alpha value is -2.49. The second-order valence-corrected chi connectivity index (χ2v) is 8.31. The molecular formula is C17H18N4O4S. The number of hydrogen-bond acceptors (Lipinski definition) is 5. The van der Waals surface area contributed by atoms with Gasteiger partial charge in [-0.15, -0.1) is 0 Å². The zero-order chi connectivity index (χ0) is 18.5. The number of aliphatic hydroxyl groups is 1. The Morgan fingerprint density at radius 1 is 1.23 bits per heavy atom. The molecule has 2 N–H and O–H groups in total. The van der Waals surface area contributed by atoms with Gasteiger partial charge < -0.3 is 10.1 Å². The minimum atomic E-state index is -3.68. The van der Waals surface area contributed by atoms with Gasteiger partial charge in [0.1, 0.15) is 0 Å². The monoisotopic (exact) mass is 374 g/mol. The highest BCUT2D eigenvalue weighted by atomic mass is 32.2. The number of hydrogen-bond donors (Lipinski definition) is 2. The number of pyridine rings is 1. The van der Waals surface area contributed by atoms with Gasteiger partial charge in [0.15, 0.2) is 0 Å². The number of fused-ring (bicyclic) bond motifs is 2. The summed E-state index contributed by atoms with van der Waals surface area (Å²) in [6.45, 7) is 2.57. The quantitative estimate of drug-likeness (QED) is 0.703. The number of aryl methyl sites for hydroxylation is 1. The summed E-state index contributed by atoms with van der Waals surface area (Å²) in [6.07, 6.45) is 0. The number of nitrogens with zero attached hydrogens (tertiary/aromatic N) is 3. The van der Waals surface area contributed by atoms with Crippen LogP contribution in [0.15, 0.2) is 40.0 Å². The molecule has 0 atom stereocenters. The number of rotatable bonds is 3. The third-order valence-electron chi connectivity index (χ3n) is 4.63. The minimum absolute atomic E-state index is 0.172. The fraction of sp³-hybridized carbons (Fsp3) is 0.294. The van der Waals surface area contributed by atoms with Crippen LogP contribution in [0.4, 0.5) is 0 Å². The first-order valence-corrected chi connectivity index (χ1v) is 9.63. The highest BCUT2D eigenvalue weighted by Crippen LogP contribution is 2.25. The molecule has 0 amide bonds. The number of sulfonamides is 1. The van der Waals surface area contributed by atoms with E-state index in [0.717, 1.165) is 11.3 Å². The van der Waals surface area contributed by atoms with Crippen molar-refractivity contribution in [2.24, 2.45) is 0 Å². The van der Waals surface area contributed by atoms with Crippen molar-refractivity contribution in [1.82, 2.24) is 19.1 Å². The molecule has 1 aliphatic rings. The Labute approximate surface area is 149 Å². The predicted octanol–water partition coefficient (Wildman–Crippen LogP) is 0.730. The molecule has 26 heavy (non-hydrogen) atoms. The molecule has 3 heterocycles. The smallest absolute Gasteiger partial charge is 0.248 e. The van der Waals surface area contributed by atoms with E-state index in [4.69, 9.17) is 0 Å². The summed E-state index contributed by atoms with van der Waals surface area (Å²) in [5.41, 5.74) is 2.41. The molecule has 0 saturated heterocycles. The van der Waals surface area contributed by atoms with Crippen LogP contribution < -0.4 is 5.56 Å². The lowest BCUT2D eigenvalue weighted by Gasteiger charge is -2.27. The zero-order valence-corrected chi connectivity index (χ0v) is 15.0. The molecule has 4 rings (SSSR count). The van der Waals surface area contributed by atoms with E-state index >= 15 is 0 Å². The van der Waals surface area contributed by atoms with Crippen LogP contribution in [0.3, 0.4) is 0 Å². The first-order valence-electron chi connectivity index (χ1n) is 8.19. The fourth-order valence-corrected chi connectivity index (χ4v) is 4.72. The van der Waals surface area contributed by atoms with Crippen LogP contribution in [0.25, 0.3) is 10.9 Å². The van der Waals surface area contributed by atoms with Crippen molar-refractivity contribution < 1.29 is 13.5 Å². The van der Waals surface area contributed by atoms with Crippen molar-refractivity contribution in [2.75, 3.05) is 6.54 Å². The highest BCUT2D eigenvalue weighted by Gasteiger charge is 2.29. The van der Waals surface area contributed by atoms with E-state index in [1.54, 1.807) is 29.8 Å². The third-order valence-corrected chi connectivity index (χ3v) is 6.48. The summed E-state index contributed by atoms with van der Waals surface area (Å²) >= 11 is 0. The summed E-state index contributed by atoms with van der Waals surface area (Å²) in [7, 11) is -3.68. The molecular weight excluding hydrogens is 356 g/mol. The minimum Gasteiger partial charge on any atom is -0.390 e. The molecule has 9 heteroatoms. The van der Waals surface area contributed by atoms with Crippen LogP contribution in [0, 0.1) is 6.92 Å². The van der Waals surface area contributed by atoms with E-state index in [1.807, 2.05) is 0 Å². The fourth-order valence-electron chi connectivity index (χ4n) is 3.30. The number of aromatic amines is 1. The van der Waals surface area contributed by atoms with Crippen LogP contribution in [-0.4, -0.2) is 39.1 Å². The molecule has 8 nitrogen and oxygen atoms in total. The number of aliphatic hydroxyl groups excluding tert-OH is 1. The first-order chi connectivity index (χ1) is 12.4. The second-order valence-electron chi connectivity index (χ2n) is 6.37. The van der Waals surface area contributed by atoms with E-state index in [9.17, 15) is 18.3 Å². The molecule has 3 aromatic rings. The highest BCUT2D eigenvalue weighted by molar-refractivity contribution is 7.89. The Kier molecular flexibility index (Phi) is 3.94. The number of benzene rings is 1. The average Bonchev–Trinajstić information content (AvgIpc) is 3.03. The van der Waals surface area contributed by atoms with Crippen LogP contribution in [-0.2, 0) is 29.7 Å². The van der Waals surface area contributed by atoms with Gasteiger partial charge in [0, 0.05) is 23.5 Å². The normalized spacial score (nSPS) is 15.3. The maximum atomic E-state index is 13.1. The lowest BCUT2D eigenvalue weighted by molar-refractivity contribution is 0.273. The van der Waals surface area contributed by atoms with Gasteiger partial charge in [0.25, 0.3) is 0 Å². The van der Waals surface area contributed by atoms with Crippen molar-refractivity contribution in [3.8, 4) is 0 Å². The Morgan fingerprint density at radius 3 is 2.81 bits per heavy atom. The van der Waals surface area contributed by atoms with E-state index in [0.29, 0.717) is 29.7 Å². The third kappa shape index (κ3) is 2.74. The molecule has 0 aliphatic carbocycles. The van der Waals surface area contributed by atoms with Crippen molar-refractivity contribution in [3.63, 3.8) is 0 Å². The second kappa shape index (κ2) is 6.04. The van der Waals surface area contributed by atoms with Crippen molar-refractivity contribution in [1.29, 1.82) is 0 Å². The van der Waals surface area contributed by atoms with E-state index in [-0.39, 0.29) is 23.6 Å². The van der Waals surface area contributed by atoms with Crippen molar-refractivity contribution in [3.05, 3.63) is 57.6 Å². The molecule has 0 unspecified atom stereocenters. The Balaban J connectivity index is 1.73. The topological polar surface area (TPSA) is 108 Å². The SMILES string of the molecule is Cc1cc(=O)[nH]c2ccc(S(=O)(=O)N3CCn4nc(CO)cc4C3)cc12. The lowest BCUT2D eigenvalue weighted by atomic mass is 10.1. The van der Waals surface area contributed by atoms with E-state index in [1.165, 1.54) is 16.4 Å². The van der Waals surface area contributed by atoms with Gasteiger partial charge in [-0.2, -0.15) is 9.40 Å². The Bertz CT molecular complexity index is 1160. The molecule has 2 aromatic heterocycles. The van der Waals surface area contributed by atoms with Gasteiger partial charge in [-0.05, 0) is 36.8 Å². The van der Waals surface area contributed by atoms with Gasteiger partial charge in [-0.25, -0.2) is 8.42 Å². The molecule has 1 aliphatic heterocycles. The summed E-state index contributed by atoms with van der Waals surface area (Å²) in [4.78, 5) is 14.5. The number of nitrogens with one attached hydrogen (secondary N) is 1. The van der Waals surface area contributed by atoms with Gasteiger partial charge in [-0.1, -0.05) is 0 Å². The van der Waals surface area contributed by atoms with Gasteiger partial charge in [-0.3, -0.25) is 9.48 Å². The summed E-state index contributed by atoms with van der Waals surface area (Å²) in [6, 6.07) is 7.90. The molecule has 1 aromatic carbocycles. The predicted molar refractivity (Wildman–Crippen MR) is 95.1 cm³/mol. The zero-order valence-electron chi connectivity index (χ0n) is 14.1. The Morgan fingerprint density at radius 2 is 2.04 bits per heavy atom. The molecule has 0 spiro atoms. The van der Waals surface area contributed by atoms with Gasteiger partial charge >= 0.3 is 0 Å². The van der Waals surface area contributed by atoms with Crippen molar-refractivity contribution in [2.45, 2.75) is 31.5 Å². The number of H-pyrrole nitrogens is 1. The van der Waals surface area contributed by atoms with Crippen LogP contribution >= 0.6 is 0 Å². The van der Waals surface area contributed by atoms with Crippen LogP contribution in [0.1, 0.15) is 17.0 Å². The average molecular weight is 374 g/mol. The van der Waals surface area contributed by atoms with Crippen LogP contribution in [0.5, 0.6) is 0 Å². The lowest BCUT2D eigenvalue weighted by Crippen LogP contribution is -2.38. The van der Waals surface area contributed by atoms with Gasteiger partial charge in [0.05, 0.1) is 36.0 Å².